The van der Waals surface area contributed by atoms with E-state index in [1.807, 2.05) is 31.4 Å². The van der Waals surface area contributed by atoms with Crippen LogP contribution in [-0.4, -0.2) is 35.0 Å². The lowest BCUT2D eigenvalue weighted by Gasteiger charge is -2.30. The number of fused-ring (bicyclic) bond motifs is 1. The zero-order valence-corrected chi connectivity index (χ0v) is 13.3. The number of thiophene rings is 1. The van der Waals surface area contributed by atoms with Crippen molar-refractivity contribution >= 4 is 23.2 Å². The Labute approximate surface area is 128 Å². The molecule has 2 fully saturated rings. The zero-order valence-electron chi connectivity index (χ0n) is 12.5. The van der Waals surface area contributed by atoms with Gasteiger partial charge in [0, 0.05) is 18.0 Å². The molecule has 1 saturated heterocycles. The van der Waals surface area contributed by atoms with E-state index in [0.29, 0.717) is 19.5 Å². The summed E-state index contributed by atoms with van der Waals surface area (Å²) in [7, 11) is 0. The minimum atomic E-state index is -0.728. The summed E-state index contributed by atoms with van der Waals surface area (Å²) < 4.78 is 0. The van der Waals surface area contributed by atoms with E-state index in [-0.39, 0.29) is 11.8 Å². The van der Waals surface area contributed by atoms with E-state index in [0.717, 1.165) is 17.7 Å². The highest BCUT2D eigenvalue weighted by Gasteiger charge is 2.56. The van der Waals surface area contributed by atoms with Crippen molar-refractivity contribution in [2.45, 2.75) is 38.5 Å². The number of hydrogen-bond donors (Lipinski definition) is 1. The quantitative estimate of drug-likeness (QED) is 0.934. The molecule has 1 saturated carbocycles. The highest BCUT2D eigenvalue weighted by atomic mass is 32.1. The Morgan fingerprint density at radius 1 is 1.48 bits per heavy atom. The number of likely N-dealkylation sites (tertiary alicyclic amines) is 1. The molecule has 0 unspecified atom stereocenters. The summed E-state index contributed by atoms with van der Waals surface area (Å²) in [4.78, 5) is 27.4. The Kier molecular flexibility index (Phi) is 3.35. The molecule has 0 bridgehead atoms. The fraction of sp³-hybridized carbons (Fsp3) is 0.625. The van der Waals surface area contributed by atoms with Crippen LogP contribution in [0.2, 0.25) is 0 Å². The standard InChI is InChI=1S/C16H21NO3S/c1-15(2,12-6-4-8-21-12)13(18)17-9-11-5-3-7-16(11,10-17)14(19)20/h4,6,8,11H,3,5,7,9-10H2,1-2H3,(H,19,20)/t11-,16+/m0/s1. The van der Waals surface area contributed by atoms with Gasteiger partial charge in [0.25, 0.3) is 0 Å². The number of amides is 1. The third kappa shape index (κ3) is 2.09. The lowest BCUT2D eigenvalue weighted by molar-refractivity contribution is -0.149. The van der Waals surface area contributed by atoms with E-state index >= 15 is 0 Å². The summed E-state index contributed by atoms with van der Waals surface area (Å²) in [6.45, 7) is 4.84. The van der Waals surface area contributed by atoms with Crippen LogP contribution in [0.4, 0.5) is 0 Å². The van der Waals surface area contributed by atoms with Gasteiger partial charge in [-0.3, -0.25) is 9.59 Å². The number of carboxylic acid groups (broad SMARTS) is 1. The van der Waals surface area contributed by atoms with Crippen LogP contribution < -0.4 is 0 Å². The van der Waals surface area contributed by atoms with Crippen LogP contribution in [0.25, 0.3) is 0 Å². The summed E-state index contributed by atoms with van der Waals surface area (Å²) in [5.74, 6) is -0.549. The van der Waals surface area contributed by atoms with E-state index in [2.05, 4.69) is 0 Å². The van der Waals surface area contributed by atoms with E-state index in [4.69, 9.17) is 0 Å². The van der Waals surface area contributed by atoms with Crippen molar-refractivity contribution < 1.29 is 14.7 Å². The number of carbonyl (C=O) groups excluding carboxylic acids is 1. The molecule has 1 N–H and O–H groups in total. The molecule has 3 rings (SSSR count). The molecule has 114 valence electrons. The SMILES string of the molecule is CC(C)(C(=O)N1C[C@@H]2CCC[C@@]2(C(=O)O)C1)c1cccs1. The smallest absolute Gasteiger partial charge is 0.311 e. The maximum Gasteiger partial charge on any atom is 0.311 e. The molecule has 2 atom stereocenters. The van der Waals surface area contributed by atoms with Crippen molar-refractivity contribution in [1.82, 2.24) is 4.90 Å². The lowest BCUT2D eigenvalue weighted by atomic mass is 9.81. The van der Waals surface area contributed by atoms with Crippen LogP contribution in [0.15, 0.2) is 17.5 Å². The van der Waals surface area contributed by atoms with Crippen LogP contribution in [0, 0.1) is 11.3 Å². The average molecular weight is 307 g/mol. The third-order valence-electron chi connectivity index (χ3n) is 5.26. The molecule has 0 radical (unpaired) electrons. The maximum absolute atomic E-state index is 12.9. The molecule has 21 heavy (non-hydrogen) atoms. The Morgan fingerprint density at radius 3 is 2.81 bits per heavy atom. The average Bonchev–Trinajstić information content (AvgIpc) is 3.12. The van der Waals surface area contributed by atoms with Crippen LogP contribution in [0.3, 0.4) is 0 Å². The van der Waals surface area contributed by atoms with Gasteiger partial charge < -0.3 is 10.0 Å². The van der Waals surface area contributed by atoms with Crippen molar-refractivity contribution in [3.05, 3.63) is 22.4 Å². The number of carboxylic acids is 1. The number of rotatable bonds is 3. The summed E-state index contributed by atoms with van der Waals surface area (Å²) in [5, 5.41) is 11.6. The summed E-state index contributed by atoms with van der Waals surface area (Å²) in [6.07, 6.45) is 2.60. The Hall–Kier alpha value is -1.36. The molecule has 1 aliphatic carbocycles. The normalized spacial score (nSPS) is 28.7. The van der Waals surface area contributed by atoms with Crippen LogP contribution in [0.1, 0.15) is 38.0 Å². The topological polar surface area (TPSA) is 57.6 Å². The molecule has 1 aliphatic heterocycles. The lowest BCUT2D eigenvalue weighted by Crippen LogP contribution is -2.44. The van der Waals surface area contributed by atoms with Crippen molar-refractivity contribution in [3.8, 4) is 0 Å². The fourth-order valence-corrected chi connectivity index (χ4v) is 4.77. The predicted octanol–water partition coefficient (Wildman–Crippen LogP) is 2.74. The van der Waals surface area contributed by atoms with E-state index in [1.54, 1.807) is 16.2 Å². The Balaban J connectivity index is 1.83. The van der Waals surface area contributed by atoms with Crippen molar-refractivity contribution in [2.75, 3.05) is 13.1 Å². The predicted molar refractivity (Wildman–Crippen MR) is 81.3 cm³/mol. The maximum atomic E-state index is 12.9. The highest BCUT2D eigenvalue weighted by Crippen LogP contribution is 2.49. The summed E-state index contributed by atoms with van der Waals surface area (Å²) >= 11 is 1.58. The first-order valence-corrected chi connectivity index (χ1v) is 8.33. The van der Waals surface area contributed by atoms with E-state index in [1.165, 1.54) is 0 Å². The molecule has 4 nitrogen and oxygen atoms in total. The van der Waals surface area contributed by atoms with Gasteiger partial charge in [0.05, 0.1) is 10.8 Å². The molecule has 0 aromatic carbocycles. The second-order valence-corrected chi connectivity index (χ2v) is 7.79. The van der Waals surface area contributed by atoms with Gasteiger partial charge in [0.2, 0.25) is 5.91 Å². The van der Waals surface area contributed by atoms with Gasteiger partial charge in [0.15, 0.2) is 0 Å². The molecule has 1 aromatic rings. The summed E-state index contributed by atoms with van der Waals surface area (Å²) in [6, 6.07) is 3.93. The fourth-order valence-electron chi connectivity index (χ4n) is 3.93. The summed E-state index contributed by atoms with van der Waals surface area (Å²) in [5.41, 5.74) is -1.27. The van der Waals surface area contributed by atoms with Gasteiger partial charge in [-0.15, -0.1) is 11.3 Å². The number of hydrogen-bond acceptors (Lipinski definition) is 3. The van der Waals surface area contributed by atoms with Crippen molar-refractivity contribution in [2.24, 2.45) is 11.3 Å². The molecule has 1 amide bonds. The molecule has 5 heteroatoms. The first kappa shape index (κ1) is 14.6. The van der Waals surface area contributed by atoms with Gasteiger partial charge in [-0.25, -0.2) is 0 Å². The highest BCUT2D eigenvalue weighted by molar-refractivity contribution is 7.10. The van der Waals surface area contributed by atoms with Gasteiger partial charge in [-0.1, -0.05) is 12.5 Å². The first-order chi connectivity index (χ1) is 9.88. The minimum Gasteiger partial charge on any atom is -0.481 e. The van der Waals surface area contributed by atoms with Crippen molar-refractivity contribution in [3.63, 3.8) is 0 Å². The van der Waals surface area contributed by atoms with Crippen molar-refractivity contribution in [1.29, 1.82) is 0 Å². The first-order valence-electron chi connectivity index (χ1n) is 7.45. The minimum absolute atomic E-state index is 0.0555. The molecule has 2 aliphatic rings. The Bertz CT molecular complexity index is 566. The van der Waals surface area contributed by atoms with Crippen LogP contribution in [-0.2, 0) is 15.0 Å². The second-order valence-electron chi connectivity index (χ2n) is 6.84. The largest absolute Gasteiger partial charge is 0.481 e. The molecule has 1 aromatic heterocycles. The van der Waals surface area contributed by atoms with Crippen LogP contribution in [0.5, 0.6) is 0 Å². The van der Waals surface area contributed by atoms with Gasteiger partial charge >= 0.3 is 5.97 Å². The van der Waals surface area contributed by atoms with Gasteiger partial charge in [0.1, 0.15) is 0 Å². The molecule has 2 heterocycles. The zero-order chi connectivity index (χ0) is 15.3. The number of carbonyl (C=O) groups is 2. The third-order valence-corrected chi connectivity index (χ3v) is 6.45. The second kappa shape index (κ2) is 4.83. The molecular weight excluding hydrogens is 286 g/mol. The monoisotopic (exact) mass is 307 g/mol. The van der Waals surface area contributed by atoms with E-state index < -0.39 is 16.8 Å². The number of aliphatic carboxylic acids is 1. The Morgan fingerprint density at radius 2 is 2.24 bits per heavy atom. The van der Waals surface area contributed by atoms with E-state index in [9.17, 15) is 14.7 Å². The number of nitrogens with zero attached hydrogens (tertiary/aromatic N) is 1. The van der Waals surface area contributed by atoms with Crippen LogP contribution >= 0.6 is 11.3 Å². The molecular formula is C16H21NO3S. The molecule has 0 spiro atoms. The van der Waals surface area contributed by atoms with Gasteiger partial charge in [-0.2, -0.15) is 0 Å². The van der Waals surface area contributed by atoms with Gasteiger partial charge in [-0.05, 0) is 44.1 Å².